The number of alkyl halides is 3. The summed E-state index contributed by atoms with van der Waals surface area (Å²) in [6.07, 6.45) is -3.72. The standard InChI is InChI=1S/C13H24F3NO2/c1-2-3-9-19-10-8-17-6-4-11(5-7-17)12(18)13(14,15)16/h11-12,18H,2-10H2,1H3. The van der Waals surface area contributed by atoms with Gasteiger partial charge in [-0.1, -0.05) is 13.3 Å². The molecule has 0 bridgehead atoms. The van der Waals surface area contributed by atoms with Gasteiger partial charge in [0.05, 0.1) is 6.61 Å². The molecule has 0 amide bonds. The van der Waals surface area contributed by atoms with Crippen molar-refractivity contribution in [1.82, 2.24) is 4.90 Å². The molecule has 1 aliphatic heterocycles. The molecule has 0 aromatic rings. The Balaban J connectivity index is 2.15. The minimum absolute atomic E-state index is 0.398. The summed E-state index contributed by atoms with van der Waals surface area (Å²) in [4.78, 5) is 2.10. The highest BCUT2D eigenvalue weighted by Gasteiger charge is 2.43. The Kier molecular flexibility index (Phi) is 7.10. The number of rotatable bonds is 7. The molecule has 1 heterocycles. The van der Waals surface area contributed by atoms with E-state index in [1.807, 2.05) is 0 Å². The second kappa shape index (κ2) is 8.07. The molecule has 1 unspecified atom stereocenters. The van der Waals surface area contributed by atoms with E-state index in [-0.39, 0.29) is 0 Å². The van der Waals surface area contributed by atoms with Gasteiger partial charge in [-0.15, -0.1) is 0 Å². The zero-order chi connectivity index (χ0) is 14.3. The number of hydrogen-bond acceptors (Lipinski definition) is 3. The third-order valence-corrected chi connectivity index (χ3v) is 3.61. The van der Waals surface area contributed by atoms with E-state index in [0.717, 1.165) is 26.0 Å². The number of nitrogens with zero attached hydrogens (tertiary/aromatic N) is 1. The average molecular weight is 283 g/mol. The number of hydrogen-bond donors (Lipinski definition) is 1. The predicted molar refractivity (Wildman–Crippen MR) is 67.0 cm³/mol. The summed E-state index contributed by atoms with van der Waals surface area (Å²) in [6, 6.07) is 0. The molecule has 19 heavy (non-hydrogen) atoms. The lowest BCUT2D eigenvalue weighted by Crippen LogP contribution is -2.44. The summed E-state index contributed by atoms with van der Waals surface area (Å²) in [7, 11) is 0. The Morgan fingerprint density at radius 3 is 2.42 bits per heavy atom. The van der Waals surface area contributed by atoms with E-state index in [1.165, 1.54) is 0 Å². The van der Waals surface area contributed by atoms with Crippen LogP contribution in [0.2, 0.25) is 0 Å². The molecule has 1 saturated heterocycles. The number of likely N-dealkylation sites (tertiary alicyclic amines) is 1. The summed E-state index contributed by atoms with van der Waals surface area (Å²) in [6.45, 7) is 5.45. The number of ether oxygens (including phenoxy) is 1. The molecule has 0 saturated carbocycles. The van der Waals surface area contributed by atoms with Gasteiger partial charge < -0.3 is 14.7 Å². The van der Waals surface area contributed by atoms with Crippen molar-refractivity contribution in [3.05, 3.63) is 0 Å². The van der Waals surface area contributed by atoms with Crippen LogP contribution in [0.15, 0.2) is 0 Å². The molecule has 1 rings (SSSR count). The Morgan fingerprint density at radius 1 is 1.26 bits per heavy atom. The highest BCUT2D eigenvalue weighted by molar-refractivity contribution is 4.81. The molecule has 114 valence electrons. The first-order chi connectivity index (χ1) is 8.95. The number of unbranched alkanes of at least 4 members (excludes halogenated alkanes) is 1. The predicted octanol–water partition coefficient (Wildman–Crippen LogP) is 2.44. The Hall–Kier alpha value is -0.330. The van der Waals surface area contributed by atoms with Crippen LogP contribution in [0.4, 0.5) is 13.2 Å². The lowest BCUT2D eigenvalue weighted by atomic mass is 9.91. The van der Waals surface area contributed by atoms with Gasteiger partial charge in [-0.3, -0.25) is 0 Å². The van der Waals surface area contributed by atoms with Gasteiger partial charge in [0, 0.05) is 13.2 Å². The van der Waals surface area contributed by atoms with Crippen LogP contribution in [0, 0.1) is 5.92 Å². The second-order valence-corrected chi connectivity index (χ2v) is 5.13. The van der Waals surface area contributed by atoms with E-state index in [4.69, 9.17) is 4.74 Å². The fourth-order valence-corrected chi connectivity index (χ4v) is 2.30. The van der Waals surface area contributed by atoms with Gasteiger partial charge in [-0.05, 0) is 38.3 Å². The minimum atomic E-state index is -4.49. The van der Waals surface area contributed by atoms with E-state index >= 15 is 0 Å². The normalized spacial score (nSPS) is 20.7. The van der Waals surface area contributed by atoms with Gasteiger partial charge in [-0.25, -0.2) is 0 Å². The first-order valence-electron chi connectivity index (χ1n) is 7.00. The monoisotopic (exact) mass is 283 g/mol. The van der Waals surface area contributed by atoms with E-state index < -0.39 is 18.2 Å². The van der Waals surface area contributed by atoms with Crippen molar-refractivity contribution < 1.29 is 23.0 Å². The third-order valence-electron chi connectivity index (χ3n) is 3.61. The zero-order valence-corrected chi connectivity index (χ0v) is 11.5. The van der Waals surface area contributed by atoms with E-state index in [2.05, 4.69) is 11.8 Å². The average Bonchev–Trinajstić information content (AvgIpc) is 2.37. The number of aliphatic hydroxyl groups is 1. The van der Waals surface area contributed by atoms with E-state index in [0.29, 0.717) is 32.5 Å². The van der Waals surface area contributed by atoms with Crippen LogP contribution in [0.3, 0.4) is 0 Å². The van der Waals surface area contributed by atoms with Crippen LogP contribution in [-0.2, 0) is 4.74 Å². The maximum Gasteiger partial charge on any atom is 0.414 e. The maximum atomic E-state index is 12.4. The first kappa shape index (κ1) is 16.7. The lowest BCUT2D eigenvalue weighted by Gasteiger charge is -2.34. The number of piperidine rings is 1. The van der Waals surface area contributed by atoms with Crippen molar-refractivity contribution in [2.75, 3.05) is 32.8 Å². The maximum absolute atomic E-state index is 12.4. The van der Waals surface area contributed by atoms with E-state index in [9.17, 15) is 18.3 Å². The molecule has 6 heteroatoms. The molecular formula is C13H24F3NO2. The summed E-state index contributed by atoms with van der Waals surface area (Å²) in [5, 5.41) is 9.20. The molecule has 0 aromatic heterocycles. The highest BCUT2D eigenvalue weighted by Crippen LogP contribution is 2.31. The largest absolute Gasteiger partial charge is 0.414 e. The molecule has 0 aromatic carbocycles. The topological polar surface area (TPSA) is 32.7 Å². The van der Waals surface area contributed by atoms with E-state index in [1.54, 1.807) is 0 Å². The second-order valence-electron chi connectivity index (χ2n) is 5.13. The molecule has 1 N–H and O–H groups in total. The lowest BCUT2D eigenvalue weighted by molar-refractivity contribution is -0.223. The fourth-order valence-electron chi connectivity index (χ4n) is 2.30. The zero-order valence-electron chi connectivity index (χ0n) is 11.5. The first-order valence-corrected chi connectivity index (χ1v) is 7.00. The van der Waals surface area contributed by atoms with Crippen LogP contribution in [0.1, 0.15) is 32.6 Å². The van der Waals surface area contributed by atoms with Crippen molar-refractivity contribution in [1.29, 1.82) is 0 Å². The smallest absolute Gasteiger partial charge is 0.383 e. The summed E-state index contributed by atoms with van der Waals surface area (Å²) >= 11 is 0. The highest BCUT2D eigenvalue weighted by atomic mass is 19.4. The quantitative estimate of drug-likeness (QED) is 0.728. The van der Waals surface area contributed by atoms with Crippen LogP contribution in [0.5, 0.6) is 0 Å². The third kappa shape index (κ3) is 6.10. The Bertz CT molecular complexity index is 241. The van der Waals surface area contributed by atoms with Gasteiger partial charge in [0.2, 0.25) is 0 Å². The number of aliphatic hydroxyl groups excluding tert-OH is 1. The Labute approximate surface area is 112 Å². The summed E-state index contributed by atoms with van der Waals surface area (Å²) in [5.74, 6) is -0.655. The molecule has 0 radical (unpaired) electrons. The van der Waals surface area contributed by atoms with Crippen molar-refractivity contribution in [3.63, 3.8) is 0 Å². The fraction of sp³-hybridized carbons (Fsp3) is 1.00. The SMILES string of the molecule is CCCCOCCN1CCC(C(O)C(F)(F)F)CC1. The molecule has 1 aliphatic rings. The molecule has 0 spiro atoms. The Morgan fingerprint density at radius 2 is 1.89 bits per heavy atom. The van der Waals surface area contributed by atoms with Crippen molar-refractivity contribution >= 4 is 0 Å². The molecular weight excluding hydrogens is 259 g/mol. The summed E-state index contributed by atoms with van der Waals surface area (Å²) in [5.41, 5.74) is 0. The van der Waals surface area contributed by atoms with Gasteiger partial charge in [-0.2, -0.15) is 13.2 Å². The van der Waals surface area contributed by atoms with Crippen molar-refractivity contribution in [2.24, 2.45) is 5.92 Å². The van der Waals surface area contributed by atoms with Crippen LogP contribution >= 0.6 is 0 Å². The van der Waals surface area contributed by atoms with Gasteiger partial charge in [0.1, 0.15) is 0 Å². The molecule has 3 nitrogen and oxygen atoms in total. The van der Waals surface area contributed by atoms with Gasteiger partial charge >= 0.3 is 6.18 Å². The van der Waals surface area contributed by atoms with Crippen LogP contribution in [0.25, 0.3) is 0 Å². The van der Waals surface area contributed by atoms with Gasteiger partial charge in [0.15, 0.2) is 6.10 Å². The van der Waals surface area contributed by atoms with Crippen molar-refractivity contribution in [3.8, 4) is 0 Å². The molecule has 1 fully saturated rings. The summed E-state index contributed by atoms with van der Waals surface area (Å²) < 4.78 is 42.5. The van der Waals surface area contributed by atoms with Gasteiger partial charge in [0.25, 0.3) is 0 Å². The van der Waals surface area contributed by atoms with Crippen molar-refractivity contribution in [2.45, 2.75) is 44.9 Å². The van der Waals surface area contributed by atoms with Crippen LogP contribution < -0.4 is 0 Å². The minimum Gasteiger partial charge on any atom is -0.383 e. The van der Waals surface area contributed by atoms with Crippen LogP contribution in [-0.4, -0.2) is 55.1 Å². The number of halogens is 3. The molecule has 1 atom stereocenters. The molecule has 0 aliphatic carbocycles.